The maximum absolute atomic E-state index is 2.39. The van der Waals surface area contributed by atoms with Gasteiger partial charge in [-0.2, -0.15) is 0 Å². The average molecular weight is 138 g/mol. The Morgan fingerprint density at radius 2 is 2.10 bits per heavy atom. The minimum absolute atomic E-state index is 0.859. The first-order valence-electron chi connectivity index (χ1n) is 4.87. The van der Waals surface area contributed by atoms with Gasteiger partial charge in [-0.1, -0.05) is 26.2 Å². The minimum atomic E-state index is 0.859. The van der Waals surface area contributed by atoms with E-state index >= 15 is 0 Å². The highest BCUT2D eigenvalue weighted by Crippen LogP contribution is 2.57. The largest absolute Gasteiger partial charge is 0.0648 e. The van der Waals surface area contributed by atoms with Crippen LogP contribution in [0, 0.1) is 11.3 Å². The molecule has 58 valence electrons. The topological polar surface area (TPSA) is 0 Å². The van der Waals surface area contributed by atoms with Crippen LogP contribution in [0.2, 0.25) is 0 Å². The molecule has 10 heavy (non-hydrogen) atoms. The van der Waals surface area contributed by atoms with Crippen LogP contribution in [-0.2, 0) is 0 Å². The van der Waals surface area contributed by atoms with Crippen molar-refractivity contribution in [1.29, 1.82) is 0 Å². The molecule has 2 rings (SSSR count). The van der Waals surface area contributed by atoms with Crippen molar-refractivity contribution in [1.82, 2.24) is 0 Å². The SMILES string of the molecule is CCC12CCCCC1CC2. The lowest BCUT2D eigenvalue weighted by atomic mass is 9.53. The minimum Gasteiger partial charge on any atom is -0.0648 e. The molecule has 2 saturated carbocycles. The first kappa shape index (κ1) is 6.69. The number of hydrogen-bond acceptors (Lipinski definition) is 0. The molecule has 0 heteroatoms. The molecule has 0 spiro atoms. The van der Waals surface area contributed by atoms with E-state index in [0.29, 0.717) is 0 Å². The predicted molar refractivity (Wildman–Crippen MR) is 43.9 cm³/mol. The van der Waals surface area contributed by atoms with Crippen LogP contribution >= 0.6 is 0 Å². The zero-order valence-electron chi connectivity index (χ0n) is 7.03. The van der Waals surface area contributed by atoms with Gasteiger partial charge in [0.25, 0.3) is 0 Å². The molecule has 0 amide bonds. The Bertz CT molecular complexity index is 124. The fourth-order valence-electron chi connectivity index (χ4n) is 3.05. The van der Waals surface area contributed by atoms with Crippen molar-refractivity contribution < 1.29 is 0 Å². The van der Waals surface area contributed by atoms with Gasteiger partial charge in [0.15, 0.2) is 0 Å². The van der Waals surface area contributed by atoms with Crippen molar-refractivity contribution >= 4 is 0 Å². The van der Waals surface area contributed by atoms with Crippen LogP contribution in [0.25, 0.3) is 0 Å². The highest BCUT2D eigenvalue weighted by molar-refractivity contribution is 4.96. The fraction of sp³-hybridized carbons (Fsp3) is 1.00. The molecule has 0 bridgehead atoms. The van der Waals surface area contributed by atoms with E-state index in [1.165, 1.54) is 19.3 Å². The second kappa shape index (κ2) is 2.25. The van der Waals surface area contributed by atoms with Crippen molar-refractivity contribution in [3.05, 3.63) is 0 Å². The molecule has 0 aromatic heterocycles. The van der Waals surface area contributed by atoms with Crippen molar-refractivity contribution in [2.75, 3.05) is 0 Å². The molecule has 0 nitrogen and oxygen atoms in total. The maximum atomic E-state index is 2.39. The summed E-state index contributed by atoms with van der Waals surface area (Å²) in [7, 11) is 0. The number of hydrogen-bond donors (Lipinski definition) is 0. The molecule has 0 aromatic rings. The predicted octanol–water partition coefficient (Wildman–Crippen LogP) is 3.37. The zero-order chi connectivity index (χ0) is 7.03. The molecule has 2 aliphatic carbocycles. The van der Waals surface area contributed by atoms with Gasteiger partial charge < -0.3 is 0 Å². The summed E-state index contributed by atoms with van der Waals surface area (Å²) in [4.78, 5) is 0. The summed E-state index contributed by atoms with van der Waals surface area (Å²) in [5.41, 5.74) is 0.859. The molecule has 2 atom stereocenters. The van der Waals surface area contributed by atoms with Crippen LogP contribution in [0.4, 0.5) is 0 Å². The fourth-order valence-corrected chi connectivity index (χ4v) is 3.05. The highest BCUT2D eigenvalue weighted by Gasteiger charge is 2.45. The van der Waals surface area contributed by atoms with Crippen LogP contribution in [0.1, 0.15) is 51.9 Å². The Morgan fingerprint density at radius 1 is 1.20 bits per heavy atom. The second-order valence-corrected chi connectivity index (χ2v) is 4.20. The van der Waals surface area contributed by atoms with Gasteiger partial charge in [-0.3, -0.25) is 0 Å². The van der Waals surface area contributed by atoms with E-state index < -0.39 is 0 Å². The van der Waals surface area contributed by atoms with Crippen molar-refractivity contribution in [2.24, 2.45) is 11.3 Å². The molecule has 0 saturated heterocycles. The summed E-state index contributed by atoms with van der Waals surface area (Å²) >= 11 is 0. The lowest BCUT2D eigenvalue weighted by Gasteiger charge is -2.53. The molecule has 2 unspecified atom stereocenters. The van der Waals surface area contributed by atoms with E-state index in [2.05, 4.69) is 6.92 Å². The first-order valence-corrected chi connectivity index (χ1v) is 4.87. The van der Waals surface area contributed by atoms with E-state index in [4.69, 9.17) is 0 Å². The van der Waals surface area contributed by atoms with Gasteiger partial charge >= 0.3 is 0 Å². The summed E-state index contributed by atoms with van der Waals surface area (Å²) in [6.45, 7) is 2.39. The van der Waals surface area contributed by atoms with Crippen LogP contribution in [0.3, 0.4) is 0 Å². The number of fused-ring (bicyclic) bond motifs is 1. The van der Waals surface area contributed by atoms with E-state index in [0.717, 1.165) is 11.3 Å². The number of rotatable bonds is 1. The molecule has 0 N–H and O–H groups in total. The Hall–Kier alpha value is 0. The molecule has 0 aliphatic heterocycles. The quantitative estimate of drug-likeness (QED) is 0.521. The van der Waals surface area contributed by atoms with Gasteiger partial charge in [0.1, 0.15) is 0 Å². The van der Waals surface area contributed by atoms with Gasteiger partial charge in [-0.25, -0.2) is 0 Å². The smallest absolute Gasteiger partial charge is 0.0272 e. The second-order valence-electron chi connectivity index (χ2n) is 4.20. The van der Waals surface area contributed by atoms with Gasteiger partial charge in [-0.15, -0.1) is 0 Å². The Morgan fingerprint density at radius 3 is 2.50 bits per heavy atom. The third-order valence-electron chi connectivity index (χ3n) is 4.04. The third kappa shape index (κ3) is 0.741. The Balaban J connectivity index is 2.04. The molecule has 0 aromatic carbocycles. The van der Waals surface area contributed by atoms with Crippen LogP contribution in [0.15, 0.2) is 0 Å². The van der Waals surface area contributed by atoms with Gasteiger partial charge in [0, 0.05) is 0 Å². The summed E-state index contributed by atoms with van der Waals surface area (Å²) in [5, 5.41) is 0. The molecule has 2 fully saturated rings. The zero-order valence-corrected chi connectivity index (χ0v) is 7.03. The molecule has 0 radical (unpaired) electrons. The summed E-state index contributed by atoms with van der Waals surface area (Å²) < 4.78 is 0. The molecular formula is C10H18. The van der Waals surface area contributed by atoms with Crippen molar-refractivity contribution in [3.8, 4) is 0 Å². The lowest BCUT2D eigenvalue weighted by Crippen LogP contribution is -2.41. The third-order valence-corrected chi connectivity index (χ3v) is 4.04. The van der Waals surface area contributed by atoms with Crippen molar-refractivity contribution in [3.63, 3.8) is 0 Å². The standard InChI is InChI=1S/C10H18/c1-2-10-7-4-3-5-9(10)6-8-10/h9H,2-8H2,1H3. The van der Waals surface area contributed by atoms with E-state index in [-0.39, 0.29) is 0 Å². The van der Waals surface area contributed by atoms with Crippen LogP contribution < -0.4 is 0 Å². The van der Waals surface area contributed by atoms with Crippen LogP contribution in [0.5, 0.6) is 0 Å². The summed E-state index contributed by atoms with van der Waals surface area (Å²) in [5.74, 6) is 1.14. The maximum Gasteiger partial charge on any atom is -0.0272 e. The normalized spacial score (nSPS) is 45.9. The van der Waals surface area contributed by atoms with E-state index in [1.807, 2.05) is 0 Å². The summed E-state index contributed by atoms with van der Waals surface area (Å²) in [6.07, 6.45) is 10.7. The molecule has 0 heterocycles. The van der Waals surface area contributed by atoms with Gasteiger partial charge in [-0.05, 0) is 37.0 Å². The first-order chi connectivity index (χ1) is 4.87. The highest BCUT2D eigenvalue weighted by atomic mass is 14.5. The summed E-state index contributed by atoms with van der Waals surface area (Å²) in [6, 6.07) is 0. The Kier molecular flexibility index (Phi) is 1.51. The average Bonchev–Trinajstić information content (AvgIpc) is 1.93. The van der Waals surface area contributed by atoms with Gasteiger partial charge in [0.05, 0.1) is 0 Å². The van der Waals surface area contributed by atoms with E-state index in [9.17, 15) is 0 Å². The monoisotopic (exact) mass is 138 g/mol. The van der Waals surface area contributed by atoms with Crippen LogP contribution in [-0.4, -0.2) is 0 Å². The molecule has 2 aliphatic rings. The molecular weight excluding hydrogens is 120 g/mol. The van der Waals surface area contributed by atoms with Crippen molar-refractivity contribution in [2.45, 2.75) is 51.9 Å². The van der Waals surface area contributed by atoms with E-state index in [1.54, 1.807) is 25.7 Å². The van der Waals surface area contributed by atoms with Gasteiger partial charge in [0.2, 0.25) is 0 Å². The Labute approximate surface area is 64.0 Å². The lowest BCUT2D eigenvalue weighted by molar-refractivity contribution is -0.0169.